The van der Waals surface area contributed by atoms with Crippen molar-refractivity contribution in [2.45, 2.75) is 45.0 Å². The second kappa shape index (κ2) is 16.2. The van der Waals surface area contributed by atoms with Gasteiger partial charge < -0.3 is 35.8 Å². The minimum Gasteiger partial charge on any atom is -0.496 e. The number of carbonyl (C=O) groups is 2. The average molecular weight is 695 g/mol. The van der Waals surface area contributed by atoms with Crippen LogP contribution in [0.2, 0.25) is 10.0 Å². The zero-order chi connectivity index (χ0) is 34.2. The molecule has 1 aromatic carbocycles. The predicted octanol–water partition coefficient (Wildman–Crippen LogP) is 4.62. The van der Waals surface area contributed by atoms with Gasteiger partial charge in [0.25, 0.3) is 5.91 Å². The van der Waals surface area contributed by atoms with Crippen LogP contribution in [-0.4, -0.2) is 71.3 Å². The van der Waals surface area contributed by atoms with E-state index in [1.165, 1.54) is 7.11 Å². The van der Waals surface area contributed by atoms with Gasteiger partial charge >= 0.3 is 0 Å². The summed E-state index contributed by atoms with van der Waals surface area (Å²) < 4.78 is 11.1. The molecular weight excluding hydrogens is 657 g/mol. The third kappa shape index (κ3) is 8.38. The van der Waals surface area contributed by atoms with Crippen LogP contribution in [0.25, 0.3) is 22.5 Å². The van der Waals surface area contributed by atoms with E-state index in [2.05, 4.69) is 31.2 Å². The highest BCUT2D eigenvalue weighted by Crippen LogP contribution is 2.40. The predicted molar refractivity (Wildman–Crippen MR) is 184 cm³/mol. The SMILES string of the molecule is COc1cc(C(=O)Nc2cccc(-c3nccc(-c4ccc(CNCC5CCC(=O)N5)c(OC)n4)c3Cl)c2Cl)ncc1CNCC(C)O. The van der Waals surface area contributed by atoms with E-state index >= 15 is 0 Å². The van der Waals surface area contributed by atoms with E-state index in [1.54, 1.807) is 56.8 Å². The number of aliphatic hydroxyl groups is 1. The number of aliphatic hydroxyl groups excluding tert-OH is 1. The van der Waals surface area contributed by atoms with Gasteiger partial charge in [-0.25, -0.2) is 4.98 Å². The van der Waals surface area contributed by atoms with E-state index in [0.29, 0.717) is 77.5 Å². The topological polar surface area (TPSA) is 160 Å². The lowest BCUT2D eigenvalue weighted by molar-refractivity contribution is -0.119. The smallest absolute Gasteiger partial charge is 0.274 e. The Hall–Kier alpha value is -4.33. The molecule has 1 aliphatic heterocycles. The Morgan fingerprint density at radius 2 is 1.85 bits per heavy atom. The first-order chi connectivity index (χ1) is 23.2. The van der Waals surface area contributed by atoms with Gasteiger partial charge in [0.1, 0.15) is 11.4 Å². The summed E-state index contributed by atoms with van der Waals surface area (Å²) in [6.07, 6.45) is 4.04. The number of hydrogen-bond acceptors (Lipinski definition) is 10. The summed E-state index contributed by atoms with van der Waals surface area (Å²) in [5, 5.41) is 22.3. The quantitative estimate of drug-likeness (QED) is 0.126. The number of hydrogen-bond donors (Lipinski definition) is 5. The Labute approximate surface area is 288 Å². The zero-order valence-electron chi connectivity index (χ0n) is 26.8. The monoisotopic (exact) mass is 693 g/mol. The Kier molecular flexibility index (Phi) is 11.8. The van der Waals surface area contributed by atoms with Crippen LogP contribution in [0, 0.1) is 0 Å². The number of nitrogens with zero attached hydrogens (tertiary/aromatic N) is 3. The van der Waals surface area contributed by atoms with Crippen LogP contribution in [0.5, 0.6) is 11.6 Å². The Balaban J connectivity index is 1.33. The number of aromatic nitrogens is 3. The molecule has 0 bridgehead atoms. The summed E-state index contributed by atoms with van der Waals surface area (Å²) in [5.74, 6) is 0.523. The van der Waals surface area contributed by atoms with Gasteiger partial charge in [0.15, 0.2) is 0 Å². The van der Waals surface area contributed by atoms with Gasteiger partial charge in [-0.05, 0) is 31.5 Å². The largest absolute Gasteiger partial charge is 0.496 e. The lowest BCUT2D eigenvalue weighted by Gasteiger charge is -2.15. The van der Waals surface area contributed by atoms with E-state index in [4.69, 9.17) is 37.7 Å². The number of amides is 2. The standard InChI is InChI=1S/C34H37Cl2N7O5/c1-19(44)14-37-16-21-17-40-27(13-28(21)47-2)33(46)42-26-6-4-5-24(30(26)35)32-31(36)23(11-12-39-32)25-9-7-20(34(43-25)48-3)15-38-18-22-8-10-29(45)41-22/h4-7,9,11-13,17,19,22,37-38,44H,8,10,14-16,18H2,1-3H3,(H,41,45)(H,42,46). The van der Waals surface area contributed by atoms with Gasteiger partial charge in [-0.3, -0.25) is 19.6 Å². The number of carbonyl (C=O) groups excluding carboxylic acids is 2. The van der Waals surface area contributed by atoms with Crippen molar-refractivity contribution < 1.29 is 24.2 Å². The molecule has 2 unspecified atom stereocenters. The average Bonchev–Trinajstić information content (AvgIpc) is 3.50. The van der Waals surface area contributed by atoms with Crippen molar-refractivity contribution in [3.05, 3.63) is 81.7 Å². The Bertz CT molecular complexity index is 1790. The summed E-state index contributed by atoms with van der Waals surface area (Å²) in [4.78, 5) is 38.2. The van der Waals surface area contributed by atoms with Crippen LogP contribution in [0.1, 0.15) is 41.4 Å². The highest BCUT2D eigenvalue weighted by atomic mass is 35.5. The van der Waals surface area contributed by atoms with E-state index in [1.807, 2.05) is 12.1 Å². The fourth-order valence-corrected chi connectivity index (χ4v) is 5.87. The van der Waals surface area contributed by atoms with E-state index in [-0.39, 0.29) is 22.7 Å². The molecule has 0 radical (unpaired) electrons. The van der Waals surface area contributed by atoms with Crippen LogP contribution in [0.4, 0.5) is 5.69 Å². The zero-order valence-corrected chi connectivity index (χ0v) is 28.3. The molecule has 1 aliphatic rings. The molecule has 12 nitrogen and oxygen atoms in total. The van der Waals surface area contributed by atoms with Crippen LogP contribution in [0.15, 0.2) is 54.9 Å². The summed E-state index contributed by atoms with van der Waals surface area (Å²) >= 11 is 13.8. The normalized spacial score (nSPS) is 14.8. The van der Waals surface area contributed by atoms with Crippen LogP contribution >= 0.6 is 23.2 Å². The molecule has 4 aromatic rings. The van der Waals surface area contributed by atoms with Gasteiger partial charge in [-0.15, -0.1) is 0 Å². The minimum absolute atomic E-state index is 0.0794. The first kappa shape index (κ1) is 35.0. The number of nitrogens with one attached hydrogen (secondary N) is 4. The number of benzene rings is 1. The van der Waals surface area contributed by atoms with Crippen molar-refractivity contribution in [2.75, 3.05) is 32.6 Å². The van der Waals surface area contributed by atoms with E-state index < -0.39 is 12.0 Å². The third-order valence-corrected chi connectivity index (χ3v) is 8.53. The first-order valence-electron chi connectivity index (χ1n) is 15.4. The summed E-state index contributed by atoms with van der Waals surface area (Å²) in [6.45, 7) is 3.67. The maximum absolute atomic E-state index is 13.2. The second-order valence-corrected chi connectivity index (χ2v) is 12.1. The molecule has 14 heteroatoms. The molecule has 0 spiro atoms. The molecule has 1 fully saturated rings. The highest BCUT2D eigenvalue weighted by Gasteiger charge is 2.22. The van der Waals surface area contributed by atoms with Crippen molar-refractivity contribution in [3.63, 3.8) is 0 Å². The number of ether oxygens (including phenoxy) is 2. The second-order valence-electron chi connectivity index (χ2n) is 11.3. The molecule has 48 heavy (non-hydrogen) atoms. The van der Waals surface area contributed by atoms with Gasteiger partial charge in [-0.2, -0.15) is 0 Å². The number of halogens is 2. The third-order valence-electron chi connectivity index (χ3n) is 7.74. The molecule has 2 amide bonds. The Morgan fingerprint density at radius 1 is 1.04 bits per heavy atom. The van der Waals surface area contributed by atoms with E-state index in [0.717, 1.165) is 17.5 Å². The van der Waals surface area contributed by atoms with Crippen molar-refractivity contribution in [1.82, 2.24) is 30.9 Å². The number of methoxy groups -OCH3 is 2. The van der Waals surface area contributed by atoms with Gasteiger partial charge in [0.2, 0.25) is 11.8 Å². The molecule has 2 atom stereocenters. The van der Waals surface area contributed by atoms with Crippen molar-refractivity contribution in [2.24, 2.45) is 0 Å². The molecule has 252 valence electrons. The molecule has 0 aliphatic carbocycles. The van der Waals surface area contributed by atoms with Gasteiger partial charge in [0, 0.05) is 79.4 Å². The maximum atomic E-state index is 13.2. The van der Waals surface area contributed by atoms with Gasteiger partial charge in [-0.1, -0.05) is 41.4 Å². The summed E-state index contributed by atoms with van der Waals surface area (Å²) in [5.41, 5.74) is 4.21. The van der Waals surface area contributed by atoms with Crippen LogP contribution in [0.3, 0.4) is 0 Å². The summed E-state index contributed by atoms with van der Waals surface area (Å²) in [6, 6.07) is 12.4. The number of rotatable bonds is 14. The van der Waals surface area contributed by atoms with E-state index in [9.17, 15) is 14.7 Å². The molecular formula is C34H37Cl2N7O5. The van der Waals surface area contributed by atoms with Crippen LogP contribution < -0.4 is 30.7 Å². The molecule has 3 aromatic heterocycles. The van der Waals surface area contributed by atoms with Gasteiger partial charge in [0.05, 0.1) is 47.4 Å². The maximum Gasteiger partial charge on any atom is 0.274 e. The molecule has 4 heterocycles. The van der Waals surface area contributed by atoms with Crippen molar-refractivity contribution >= 4 is 40.7 Å². The fraction of sp³-hybridized carbons (Fsp3) is 0.324. The lowest BCUT2D eigenvalue weighted by atomic mass is 10.1. The molecule has 5 rings (SSSR count). The molecule has 0 saturated carbocycles. The molecule has 5 N–H and O–H groups in total. The van der Waals surface area contributed by atoms with Crippen molar-refractivity contribution in [3.8, 4) is 34.1 Å². The molecule has 1 saturated heterocycles. The highest BCUT2D eigenvalue weighted by molar-refractivity contribution is 6.39. The Morgan fingerprint density at radius 3 is 2.58 bits per heavy atom. The van der Waals surface area contributed by atoms with Crippen LogP contribution in [-0.2, 0) is 17.9 Å². The van der Waals surface area contributed by atoms with Crippen molar-refractivity contribution in [1.29, 1.82) is 0 Å². The summed E-state index contributed by atoms with van der Waals surface area (Å²) in [7, 11) is 3.07. The first-order valence-corrected chi connectivity index (χ1v) is 16.1. The fourth-order valence-electron chi connectivity index (χ4n) is 5.30. The lowest BCUT2D eigenvalue weighted by Crippen LogP contribution is -2.35. The number of anilines is 1. The number of pyridine rings is 3. The minimum atomic E-state index is -0.498.